The highest BCUT2D eigenvalue weighted by atomic mass is 35.5. The largest absolute Gasteiger partial charge is 0.618 e. The molecule has 0 aliphatic heterocycles. The molecule has 16 heavy (non-hydrogen) atoms. The molecule has 1 unspecified atom stereocenters. The maximum absolute atomic E-state index is 11.7. The Labute approximate surface area is 102 Å². The quantitative estimate of drug-likeness (QED) is 0.497. The highest BCUT2D eigenvalue weighted by molar-refractivity contribution is 8.16. The average Bonchev–Trinajstić information content (AvgIpc) is 2.29. The third kappa shape index (κ3) is 2.31. The van der Waals surface area contributed by atoms with Gasteiger partial charge in [0.15, 0.2) is 6.20 Å². The summed E-state index contributed by atoms with van der Waals surface area (Å²) in [7, 11) is -0.612. The molecule has 84 valence electrons. The van der Waals surface area contributed by atoms with Gasteiger partial charge in [-0.15, -0.1) is 10.9 Å². The van der Waals surface area contributed by atoms with Gasteiger partial charge in [0.05, 0.1) is 0 Å². The predicted octanol–water partition coefficient (Wildman–Crippen LogP) is 3.02. The van der Waals surface area contributed by atoms with E-state index in [9.17, 15) is 5.21 Å². The molecule has 1 heterocycles. The molecule has 1 aromatic heterocycles. The minimum absolute atomic E-state index is 0.468. The van der Waals surface area contributed by atoms with Crippen molar-refractivity contribution in [1.82, 2.24) is 0 Å². The number of hydrogen-bond acceptors (Lipinski definition) is 1. The summed E-state index contributed by atoms with van der Waals surface area (Å²) in [5, 5.41) is 12.9. The lowest BCUT2D eigenvalue weighted by Gasteiger charge is -2.15. The molecule has 0 radical (unpaired) electrons. The fourth-order valence-electron chi connectivity index (χ4n) is 1.49. The van der Waals surface area contributed by atoms with Crippen LogP contribution in [0.25, 0.3) is 0 Å². The summed E-state index contributed by atoms with van der Waals surface area (Å²) in [5.41, 5.74) is 0. The minimum atomic E-state index is -0.612. The lowest BCUT2D eigenvalue weighted by Crippen LogP contribution is -2.29. The van der Waals surface area contributed by atoms with Gasteiger partial charge in [0, 0.05) is 6.07 Å². The van der Waals surface area contributed by atoms with E-state index >= 15 is 0 Å². The van der Waals surface area contributed by atoms with Crippen LogP contribution in [-0.4, -0.2) is 6.26 Å². The first-order chi connectivity index (χ1) is 7.68. The molecule has 0 saturated heterocycles. The first-order valence-electron chi connectivity index (χ1n) is 4.86. The van der Waals surface area contributed by atoms with Gasteiger partial charge < -0.3 is 5.21 Å². The standard InChI is InChI=1S/C12H12ClNOS/c1-16(11-5-3-2-4-6-11)12-8-7-10(13)9-14(12)15/h2-9,16H,1H3. The third-order valence-electron chi connectivity index (χ3n) is 2.35. The van der Waals surface area contributed by atoms with E-state index < -0.39 is 10.9 Å². The molecular formula is C12H12ClNOS. The van der Waals surface area contributed by atoms with Crippen LogP contribution in [0.15, 0.2) is 58.6 Å². The summed E-state index contributed by atoms with van der Waals surface area (Å²) in [5.74, 6) is 0. The number of thiol groups is 1. The van der Waals surface area contributed by atoms with Gasteiger partial charge in [-0.1, -0.05) is 29.8 Å². The molecular weight excluding hydrogens is 242 g/mol. The molecule has 2 rings (SSSR count). The summed E-state index contributed by atoms with van der Waals surface area (Å²) < 4.78 is 0.862. The van der Waals surface area contributed by atoms with Crippen molar-refractivity contribution in [3.8, 4) is 0 Å². The highest BCUT2D eigenvalue weighted by Gasteiger charge is 2.13. The van der Waals surface area contributed by atoms with Gasteiger partial charge in [-0.3, -0.25) is 0 Å². The first-order valence-corrected chi connectivity index (χ1v) is 7.02. The molecule has 4 heteroatoms. The van der Waals surface area contributed by atoms with E-state index in [0.29, 0.717) is 5.02 Å². The maximum Gasteiger partial charge on any atom is 0.235 e. The number of hydrogen-bond donors (Lipinski definition) is 1. The van der Waals surface area contributed by atoms with Crippen molar-refractivity contribution < 1.29 is 4.73 Å². The van der Waals surface area contributed by atoms with Crippen molar-refractivity contribution in [3.63, 3.8) is 0 Å². The molecule has 2 aromatic rings. The first kappa shape index (κ1) is 11.3. The van der Waals surface area contributed by atoms with Crippen LogP contribution in [0.1, 0.15) is 0 Å². The Hall–Kier alpha value is -1.19. The van der Waals surface area contributed by atoms with Crippen LogP contribution >= 0.6 is 22.5 Å². The molecule has 0 fully saturated rings. The minimum Gasteiger partial charge on any atom is -0.618 e. The van der Waals surface area contributed by atoms with Crippen LogP contribution < -0.4 is 4.73 Å². The smallest absolute Gasteiger partial charge is 0.235 e. The topological polar surface area (TPSA) is 26.9 Å². The molecule has 0 spiro atoms. The monoisotopic (exact) mass is 253 g/mol. The lowest BCUT2D eigenvalue weighted by molar-refractivity contribution is -0.645. The number of benzene rings is 1. The third-order valence-corrected chi connectivity index (χ3v) is 4.67. The van der Waals surface area contributed by atoms with E-state index in [4.69, 9.17) is 11.6 Å². The van der Waals surface area contributed by atoms with E-state index in [2.05, 4.69) is 6.26 Å². The SMILES string of the molecule is C[SH](c1ccccc1)c1ccc(Cl)c[n+]1[O-]. The van der Waals surface area contributed by atoms with Gasteiger partial charge in [0.1, 0.15) is 5.02 Å². The van der Waals surface area contributed by atoms with Crippen LogP contribution in [0.4, 0.5) is 0 Å². The van der Waals surface area contributed by atoms with Gasteiger partial charge in [0.25, 0.3) is 0 Å². The molecule has 1 atom stereocenters. The zero-order valence-electron chi connectivity index (χ0n) is 8.80. The Morgan fingerprint density at radius 2 is 1.81 bits per heavy atom. The van der Waals surface area contributed by atoms with Crippen molar-refractivity contribution in [3.05, 3.63) is 58.9 Å². The number of nitrogens with zero attached hydrogens (tertiary/aromatic N) is 1. The van der Waals surface area contributed by atoms with Gasteiger partial charge in [0.2, 0.25) is 5.03 Å². The summed E-state index contributed by atoms with van der Waals surface area (Å²) in [6.07, 6.45) is 3.47. The Balaban J connectivity index is 2.38. The number of pyridine rings is 1. The molecule has 0 saturated carbocycles. The van der Waals surface area contributed by atoms with E-state index in [1.165, 1.54) is 11.1 Å². The van der Waals surface area contributed by atoms with Crippen LogP contribution in [0.5, 0.6) is 0 Å². The van der Waals surface area contributed by atoms with Crippen LogP contribution in [0.2, 0.25) is 5.02 Å². The zero-order chi connectivity index (χ0) is 11.5. The summed E-state index contributed by atoms with van der Waals surface area (Å²) >= 11 is 5.75. The molecule has 0 N–H and O–H groups in total. The fourth-order valence-corrected chi connectivity index (χ4v) is 3.18. The Kier molecular flexibility index (Phi) is 3.36. The van der Waals surface area contributed by atoms with Crippen molar-refractivity contribution in [2.24, 2.45) is 0 Å². The van der Waals surface area contributed by atoms with E-state index in [-0.39, 0.29) is 0 Å². The second-order valence-electron chi connectivity index (χ2n) is 3.43. The van der Waals surface area contributed by atoms with Crippen molar-refractivity contribution in [2.45, 2.75) is 9.92 Å². The van der Waals surface area contributed by atoms with Gasteiger partial charge in [-0.2, -0.15) is 4.73 Å². The van der Waals surface area contributed by atoms with Crippen molar-refractivity contribution in [2.75, 3.05) is 6.26 Å². The van der Waals surface area contributed by atoms with Gasteiger partial charge >= 0.3 is 0 Å². The number of rotatable bonds is 2. The number of aromatic nitrogens is 1. The molecule has 0 aliphatic carbocycles. The predicted molar refractivity (Wildman–Crippen MR) is 68.3 cm³/mol. The summed E-state index contributed by atoms with van der Waals surface area (Å²) in [4.78, 5) is 1.18. The molecule has 2 nitrogen and oxygen atoms in total. The second-order valence-corrected chi connectivity index (χ2v) is 5.95. The number of halogens is 1. The Morgan fingerprint density at radius 1 is 1.12 bits per heavy atom. The fraction of sp³-hybridized carbons (Fsp3) is 0.0833. The average molecular weight is 254 g/mol. The molecule has 0 amide bonds. The second kappa shape index (κ2) is 4.76. The van der Waals surface area contributed by atoms with Gasteiger partial charge in [-0.25, -0.2) is 0 Å². The van der Waals surface area contributed by atoms with Crippen molar-refractivity contribution in [1.29, 1.82) is 0 Å². The highest BCUT2D eigenvalue weighted by Crippen LogP contribution is 2.38. The summed E-state index contributed by atoms with van der Waals surface area (Å²) in [6, 6.07) is 13.6. The van der Waals surface area contributed by atoms with E-state index in [0.717, 1.165) is 9.76 Å². The molecule has 0 bridgehead atoms. The van der Waals surface area contributed by atoms with Crippen LogP contribution in [-0.2, 0) is 0 Å². The Morgan fingerprint density at radius 3 is 2.44 bits per heavy atom. The molecule has 1 aromatic carbocycles. The van der Waals surface area contributed by atoms with Crippen LogP contribution in [0.3, 0.4) is 0 Å². The Bertz CT molecular complexity index is 490. The maximum atomic E-state index is 11.7. The van der Waals surface area contributed by atoms with E-state index in [1.807, 2.05) is 30.3 Å². The zero-order valence-corrected chi connectivity index (χ0v) is 10.4. The molecule has 0 aliphatic rings. The van der Waals surface area contributed by atoms with Crippen molar-refractivity contribution >= 4 is 22.5 Å². The van der Waals surface area contributed by atoms with E-state index in [1.54, 1.807) is 12.1 Å². The normalized spacial score (nSPS) is 13.5. The summed E-state index contributed by atoms with van der Waals surface area (Å²) in [6.45, 7) is 0. The lowest BCUT2D eigenvalue weighted by atomic mass is 10.4. The van der Waals surface area contributed by atoms with Crippen LogP contribution in [0, 0.1) is 5.21 Å². The van der Waals surface area contributed by atoms with Gasteiger partial charge in [-0.05, 0) is 29.4 Å².